The van der Waals surface area contributed by atoms with Gasteiger partial charge in [-0.1, -0.05) is 6.58 Å². The number of esters is 1. The van der Waals surface area contributed by atoms with Crippen molar-refractivity contribution in [2.45, 2.75) is 13.2 Å². The predicted octanol–water partition coefficient (Wildman–Crippen LogP) is 0.509. The number of carbonyl (C=O) groups is 1. The monoisotopic (exact) mass is 159 g/mol. The summed E-state index contributed by atoms with van der Waals surface area (Å²) in [6.07, 6.45) is 0.00676. The van der Waals surface area contributed by atoms with Crippen LogP contribution in [0.4, 0.5) is 0 Å². The van der Waals surface area contributed by atoms with Gasteiger partial charge in [0.2, 0.25) is 6.29 Å². The fourth-order valence-electron chi connectivity index (χ4n) is 0.480. The summed E-state index contributed by atoms with van der Waals surface area (Å²) in [4.78, 5) is 10.5. The van der Waals surface area contributed by atoms with Gasteiger partial charge in [0, 0.05) is 12.7 Å². The molecule has 4 heteroatoms. The van der Waals surface area contributed by atoms with Gasteiger partial charge in [-0.05, 0) is 6.92 Å². The summed E-state index contributed by atoms with van der Waals surface area (Å²) in [5.41, 5.74) is 0. The van der Waals surface area contributed by atoms with Crippen LogP contribution in [0.1, 0.15) is 6.92 Å². The van der Waals surface area contributed by atoms with Crippen molar-refractivity contribution in [1.29, 1.82) is 0 Å². The van der Waals surface area contributed by atoms with Crippen molar-refractivity contribution >= 4 is 5.97 Å². The van der Waals surface area contributed by atoms with Crippen LogP contribution in [-0.2, 0) is 19.4 Å². The molecule has 0 aromatic rings. The lowest BCUT2D eigenvalue weighted by molar-refractivity contribution is -0.184. The van der Waals surface area contributed by atoms with Gasteiger partial charge in [-0.15, -0.1) is 0 Å². The lowest BCUT2D eigenvalue weighted by Gasteiger charge is -2.12. The Morgan fingerprint density at radius 2 is 2.36 bits per heavy atom. The summed E-state index contributed by atoms with van der Waals surface area (Å²) in [7, 11) is 0. The number of carbonyl (C=O) groups excluding carboxylic acids is 1. The number of hydrogen-bond donors (Lipinski definition) is 0. The first-order valence-corrected chi connectivity index (χ1v) is 3.27. The Bertz CT molecular complexity index is 132. The number of rotatable bonds is 5. The fraction of sp³-hybridized carbons (Fsp3) is 0.571. The van der Waals surface area contributed by atoms with E-state index in [2.05, 4.69) is 11.3 Å². The van der Waals surface area contributed by atoms with Crippen LogP contribution in [0.15, 0.2) is 12.7 Å². The standard InChI is InChI=1S/C7H11O4/c1-3-6(9)11-7(5-8)10-4-2/h3,7H,1,4-5H2,2H3. The second kappa shape index (κ2) is 5.88. The highest BCUT2D eigenvalue weighted by molar-refractivity contribution is 5.81. The quantitative estimate of drug-likeness (QED) is 0.333. The fourth-order valence-corrected chi connectivity index (χ4v) is 0.480. The molecule has 0 aromatic carbocycles. The van der Waals surface area contributed by atoms with Crippen LogP contribution in [0.5, 0.6) is 0 Å². The molecule has 0 amide bonds. The molecule has 1 atom stereocenters. The Kier molecular flexibility index (Phi) is 5.42. The molecule has 1 radical (unpaired) electrons. The van der Waals surface area contributed by atoms with Crippen molar-refractivity contribution in [1.82, 2.24) is 0 Å². The van der Waals surface area contributed by atoms with E-state index in [1.54, 1.807) is 6.92 Å². The molecule has 0 fully saturated rings. The summed E-state index contributed by atoms with van der Waals surface area (Å²) in [6.45, 7) is 4.64. The van der Waals surface area contributed by atoms with Gasteiger partial charge in [0.15, 0.2) is 0 Å². The van der Waals surface area contributed by atoms with Gasteiger partial charge in [0.25, 0.3) is 0 Å². The molecule has 0 bridgehead atoms. The molecular weight excluding hydrogens is 148 g/mol. The summed E-state index contributed by atoms with van der Waals surface area (Å²) in [6, 6.07) is 0. The van der Waals surface area contributed by atoms with E-state index < -0.39 is 18.9 Å². The van der Waals surface area contributed by atoms with Crippen LogP contribution >= 0.6 is 0 Å². The summed E-state index contributed by atoms with van der Waals surface area (Å²) >= 11 is 0. The molecule has 0 aliphatic rings. The van der Waals surface area contributed by atoms with Gasteiger partial charge in [0.1, 0.15) is 6.61 Å². The van der Waals surface area contributed by atoms with Crippen LogP contribution in [0.25, 0.3) is 0 Å². The average molecular weight is 159 g/mol. The minimum absolute atomic E-state index is 0.345. The second-order valence-electron chi connectivity index (χ2n) is 1.69. The van der Waals surface area contributed by atoms with Gasteiger partial charge >= 0.3 is 5.97 Å². The zero-order chi connectivity index (χ0) is 8.69. The topological polar surface area (TPSA) is 55.4 Å². The molecule has 0 aromatic heterocycles. The van der Waals surface area contributed by atoms with E-state index in [4.69, 9.17) is 4.74 Å². The Balaban J connectivity index is 3.67. The summed E-state index contributed by atoms with van der Waals surface area (Å²) < 4.78 is 9.26. The molecule has 63 valence electrons. The highest BCUT2D eigenvalue weighted by Crippen LogP contribution is 1.94. The Morgan fingerprint density at radius 1 is 1.73 bits per heavy atom. The molecule has 0 aliphatic heterocycles. The van der Waals surface area contributed by atoms with Gasteiger partial charge in [-0.2, -0.15) is 0 Å². The van der Waals surface area contributed by atoms with Crippen molar-refractivity contribution in [3.8, 4) is 0 Å². The smallest absolute Gasteiger partial charge is 0.332 e. The lowest BCUT2D eigenvalue weighted by Crippen LogP contribution is -2.23. The second-order valence-corrected chi connectivity index (χ2v) is 1.69. The molecule has 0 rings (SSSR count). The first kappa shape index (κ1) is 10.1. The van der Waals surface area contributed by atoms with Crippen LogP contribution in [0.2, 0.25) is 0 Å². The van der Waals surface area contributed by atoms with Crippen LogP contribution in [-0.4, -0.2) is 25.5 Å². The number of ether oxygens (including phenoxy) is 2. The maximum absolute atomic E-state index is 10.5. The van der Waals surface area contributed by atoms with Crippen molar-refractivity contribution in [3.05, 3.63) is 12.7 Å². The molecule has 0 aliphatic carbocycles. The maximum Gasteiger partial charge on any atom is 0.332 e. The van der Waals surface area contributed by atoms with E-state index in [1.807, 2.05) is 0 Å². The van der Waals surface area contributed by atoms with Crippen molar-refractivity contribution < 1.29 is 19.4 Å². The number of hydrogen-bond acceptors (Lipinski definition) is 3. The SMILES string of the molecule is C=CC(=O)OC(C[O])OCC. The highest BCUT2D eigenvalue weighted by Gasteiger charge is 2.10. The molecular formula is C7H11O4. The third kappa shape index (κ3) is 4.52. The van der Waals surface area contributed by atoms with E-state index >= 15 is 0 Å². The van der Waals surface area contributed by atoms with Crippen LogP contribution < -0.4 is 0 Å². The van der Waals surface area contributed by atoms with Crippen LogP contribution in [0, 0.1) is 0 Å². The molecule has 11 heavy (non-hydrogen) atoms. The van der Waals surface area contributed by atoms with E-state index in [1.165, 1.54) is 0 Å². The minimum Gasteiger partial charge on any atom is -0.430 e. The van der Waals surface area contributed by atoms with E-state index in [0.29, 0.717) is 6.61 Å². The minimum atomic E-state index is -0.981. The average Bonchev–Trinajstić information content (AvgIpc) is 2.03. The Labute approximate surface area is 65.4 Å². The summed E-state index contributed by atoms with van der Waals surface area (Å²) in [5.74, 6) is -0.640. The van der Waals surface area contributed by atoms with Gasteiger partial charge in [-0.25, -0.2) is 9.90 Å². The van der Waals surface area contributed by atoms with Crippen molar-refractivity contribution in [3.63, 3.8) is 0 Å². The Hall–Kier alpha value is -0.870. The first-order valence-electron chi connectivity index (χ1n) is 3.27. The first-order chi connectivity index (χ1) is 5.24. The van der Waals surface area contributed by atoms with Crippen molar-refractivity contribution in [2.24, 2.45) is 0 Å². The van der Waals surface area contributed by atoms with E-state index in [-0.39, 0.29) is 0 Å². The van der Waals surface area contributed by atoms with Gasteiger partial charge in [-0.3, -0.25) is 0 Å². The van der Waals surface area contributed by atoms with Crippen molar-refractivity contribution in [2.75, 3.05) is 13.2 Å². The lowest BCUT2D eigenvalue weighted by atomic mass is 10.6. The summed E-state index contributed by atoms with van der Waals surface area (Å²) in [5, 5.41) is 10.2. The largest absolute Gasteiger partial charge is 0.430 e. The Morgan fingerprint density at radius 3 is 2.73 bits per heavy atom. The van der Waals surface area contributed by atoms with Gasteiger partial charge in [0.05, 0.1) is 0 Å². The molecule has 0 saturated carbocycles. The predicted molar refractivity (Wildman–Crippen MR) is 37.3 cm³/mol. The van der Waals surface area contributed by atoms with E-state index in [9.17, 15) is 9.90 Å². The molecule has 1 unspecified atom stereocenters. The normalized spacial score (nSPS) is 12.2. The maximum atomic E-state index is 10.5. The molecule has 0 saturated heterocycles. The third-order valence-corrected chi connectivity index (χ3v) is 0.903. The molecule has 4 nitrogen and oxygen atoms in total. The highest BCUT2D eigenvalue weighted by atomic mass is 16.7. The van der Waals surface area contributed by atoms with E-state index in [0.717, 1.165) is 6.08 Å². The zero-order valence-corrected chi connectivity index (χ0v) is 6.41. The third-order valence-electron chi connectivity index (χ3n) is 0.903. The molecule has 0 heterocycles. The van der Waals surface area contributed by atoms with Gasteiger partial charge < -0.3 is 9.47 Å². The van der Waals surface area contributed by atoms with Crippen LogP contribution in [0.3, 0.4) is 0 Å². The molecule has 0 spiro atoms. The molecule has 0 N–H and O–H groups in total. The zero-order valence-electron chi connectivity index (χ0n) is 6.41.